The normalized spacial score (nSPS) is 19.9. The van der Waals surface area contributed by atoms with Gasteiger partial charge in [-0.1, -0.05) is 0 Å². The molecule has 3 nitrogen and oxygen atoms in total. The van der Waals surface area contributed by atoms with E-state index in [1.807, 2.05) is 18.2 Å². The minimum Gasteiger partial charge on any atom is -0.497 e. The highest BCUT2D eigenvalue weighted by atomic mass is 16.5. The van der Waals surface area contributed by atoms with E-state index in [0.717, 1.165) is 23.7 Å². The molecule has 14 heavy (non-hydrogen) atoms. The van der Waals surface area contributed by atoms with E-state index in [1.54, 1.807) is 7.11 Å². The zero-order chi connectivity index (χ0) is 10.1. The maximum absolute atomic E-state index is 5.70. The Morgan fingerprint density at radius 3 is 3.00 bits per heavy atom. The lowest BCUT2D eigenvalue weighted by Gasteiger charge is -2.32. The van der Waals surface area contributed by atoms with Crippen molar-refractivity contribution in [3.8, 4) is 11.5 Å². The largest absolute Gasteiger partial charge is 0.497 e. The van der Waals surface area contributed by atoms with Crippen molar-refractivity contribution in [2.75, 3.05) is 25.6 Å². The van der Waals surface area contributed by atoms with Gasteiger partial charge in [0, 0.05) is 13.1 Å². The van der Waals surface area contributed by atoms with Crippen LogP contribution >= 0.6 is 0 Å². The van der Waals surface area contributed by atoms with E-state index in [4.69, 9.17) is 9.47 Å². The number of benzene rings is 1. The van der Waals surface area contributed by atoms with E-state index >= 15 is 0 Å². The number of likely N-dealkylation sites (N-methyl/N-ethyl adjacent to an activating group) is 1. The van der Waals surface area contributed by atoms with E-state index in [1.165, 1.54) is 0 Å². The van der Waals surface area contributed by atoms with Gasteiger partial charge < -0.3 is 14.4 Å². The van der Waals surface area contributed by atoms with Gasteiger partial charge in [-0.25, -0.2) is 0 Å². The first-order chi connectivity index (χ1) is 6.70. The average Bonchev–Trinajstić information content (AvgIpc) is 2.17. The van der Waals surface area contributed by atoms with Crippen molar-refractivity contribution in [1.29, 1.82) is 0 Å². The molecule has 76 valence electrons. The lowest BCUT2D eigenvalue weighted by molar-refractivity contribution is 0.215. The maximum Gasteiger partial charge on any atom is 0.143 e. The van der Waals surface area contributed by atoms with Gasteiger partial charge in [0.05, 0.1) is 19.3 Å². The van der Waals surface area contributed by atoms with E-state index in [-0.39, 0.29) is 6.10 Å². The second-order valence-electron chi connectivity index (χ2n) is 3.64. The molecule has 1 aliphatic heterocycles. The van der Waals surface area contributed by atoms with E-state index < -0.39 is 0 Å². The molecule has 0 radical (unpaired) electrons. The van der Waals surface area contributed by atoms with Crippen molar-refractivity contribution >= 4 is 5.69 Å². The molecule has 0 amide bonds. The Labute approximate surface area is 84.2 Å². The maximum atomic E-state index is 5.70. The predicted octanol–water partition coefficient (Wildman–Crippen LogP) is 1.91. The standard InChI is InChI=1S/C11H15NO2/c1-8-7-12(2)10-6-9(13-3)4-5-11(10)14-8/h4-6,8H,7H2,1-3H3. The quantitative estimate of drug-likeness (QED) is 0.680. The third-order valence-electron chi connectivity index (χ3n) is 2.44. The fraction of sp³-hybridized carbons (Fsp3) is 0.455. The van der Waals surface area contributed by atoms with Crippen LogP contribution in [-0.2, 0) is 0 Å². The second-order valence-corrected chi connectivity index (χ2v) is 3.64. The Balaban J connectivity index is 2.39. The van der Waals surface area contributed by atoms with Crippen molar-refractivity contribution in [3.63, 3.8) is 0 Å². The summed E-state index contributed by atoms with van der Waals surface area (Å²) < 4.78 is 10.9. The van der Waals surface area contributed by atoms with Crippen LogP contribution in [0.25, 0.3) is 0 Å². The zero-order valence-electron chi connectivity index (χ0n) is 8.78. The SMILES string of the molecule is COc1ccc2c(c1)N(C)CC(C)O2. The summed E-state index contributed by atoms with van der Waals surface area (Å²) in [6.07, 6.45) is 0.251. The number of hydrogen-bond acceptors (Lipinski definition) is 3. The van der Waals surface area contributed by atoms with Crippen molar-refractivity contribution in [2.24, 2.45) is 0 Å². The number of anilines is 1. The third-order valence-corrected chi connectivity index (χ3v) is 2.44. The monoisotopic (exact) mass is 193 g/mol. The molecule has 0 bridgehead atoms. The summed E-state index contributed by atoms with van der Waals surface area (Å²) in [6.45, 7) is 2.99. The van der Waals surface area contributed by atoms with Crippen LogP contribution in [0.2, 0.25) is 0 Å². The van der Waals surface area contributed by atoms with Gasteiger partial charge in [-0.2, -0.15) is 0 Å². The van der Waals surface area contributed by atoms with Gasteiger partial charge in [0.15, 0.2) is 0 Å². The Kier molecular flexibility index (Phi) is 2.23. The molecule has 0 fully saturated rings. The van der Waals surface area contributed by atoms with Gasteiger partial charge in [0.1, 0.15) is 17.6 Å². The Hall–Kier alpha value is -1.38. The van der Waals surface area contributed by atoms with Crippen molar-refractivity contribution in [3.05, 3.63) is 18.2 Å². The molecule has 1 unspecified atom stereocenters. The first-order valence-electron chi connectivity index (χ1n) is 4.76. The highest BCUT2D eigenvalue weighted by Gasteiger charge is 2.20. The molecule has 0 aliphatic carbocycles. The molecule has 1 aromatic rings. The molecular weight excluding hydrogens is 178 g/mol. The molecule has 0 aromatic heterocycles. The van der Waals surface area contributed by atoms with Gasteiger partial charge >= 0.3 is 0 Å². The van der Waals surface area contributed by atoms with E-state index in [0.29, 0.717) is 0 Å². The van der Waals surface area contributed by atoms with Crippen LogP contribution in [0.4, 0.5) is 5.69 Å². The minimum atomic E-state index is 0.251. The van der Waals surface area contributed by atoms with Crippen LogP contribution < -0.4 is 14.4 Å². The smallest absolute Gasteiger partial charge is 0.143 e. The number of nitrogens with zero attached hydrogens (tertiary/aromatic N) is 1. The summed E-state index contributed by atoms with van der Waals surface area (Å²) in [4.78, 5) is 2.19. The number of ether oxygens (including phenoxy) is 2. The highest BCUT2D eigenvalue weighted by molar-refractivity contribution is 5.62. The molecule has 1 atom stereocenters. The van der Waals surface area contributed by atoms with Crippen molar-refractivity contribution in [2.45, 2.75) is 13.0 Å². The Morgan fingerprint density at radius 2 is 2.29 bits per heavy atom. The summed E-state index contributed by atoms with van der Waals surface area (Å²) in [5.74, 6) is 1.81. The van der Waals surface area contributed by atoms with Crippen LogP contribution in [0, 0.1) is 0 Å². The highest BCUT2D eigenvalue weighted by Crippen LogP contribution is 2.35. The summed E-state index contributed by atoms with van der Waals surface area (Å²) in [5, 5.41) is 0. The average molecular weight is 193 g/mol. The van der Waals surface area contributed by atoms with Crippen molar-refractivity contribution < 1.29 is 9.47 Å². The fourth-order valence-electron chi connectivity index (χ4n) is 1.76. The predicted molar refractivity (Wildman–Crippen MR) is 56.4 cm³/mol. The minimum absolute atomic E-state index is 0.251. The molecule has 0 spiro atoms. The van der Waals surface area contributed by atoms with Crippen LogP contribution in [0.15, 0.2) is 18.2 Å². The number of hydrogen-bond donors (Lipinski definition) is 0. The lowest BCUT2D eigenvalue weighted by atomic mass is 10.2. The van der Waals surface area contributed by atoms with Crippen molar-refractivity contribution in [1.82, 2.24) is 0 Å². The summed E-state index contributed by atoms with van der Waals surface area (Å²) in [6, 6.07) is 5.88. The first kappa shape index (κ1) is 9.19. The number of methoxy groups -OCH3 is 1. The summed E-state index contributed by atoms with van der Waals surface area (Å²) >= 11 is 0. The van der Waals surface area contributed by atoms with Gasteiger partial charge in [0.25, 0.3) is 0 Å². The molecule has 1 aliphatic rings. The first-order valence-corrected chi connectivity index (χ1v) is 4.76. The molecular formula is C11H15NO2. The molecule has 0 saturated heterocycles. The Bertz CT molecular complexity index is 338. The topological polar surface area (TPSA) is 21.7 Å². The molecule has 1 aromatic carbocycles. The second kappa shape index (κ2) is 3.40. The lowest BCUT2D eigenvalue weighted by Crippen LogP contribution is -2.35. The number of rotatable bonds is 1. The van der Waals surface area contributed by atoms with E-state index in [9.17, 15) is 0 Å². The van der Waals surface area contributed by atoms with Crippen LogP contribution in [0.1, 0.15) is 6.92 Å². The Morgan fingerprint density at radius 1 is 1.50 bits per heavy atom. The zero-order valence-corrected chi connectivity index (χ0v) is 8.78. The summed E-state index contributed by atoms with van der Waals surface area (Å²) in [7, 11) is 3.74. The molecule has 2 rings (SSSR count). The van der Waals surface area contributed by atoms with Gasteiger partial charge in [-0.3, -0.25) is 0 Å². The van der Waals surface area contributed by atoms with E-state index in [2.05, 4.69) is 18.9 Å². The van der Waals surface area contributed by atoms with Crippen LogP contribution in [0.5, 0.6) is 11.5 Å². The molecule has 0 saturated carbocycles. The molecule has 1 heterocycles. The van der Waals surface area contributed by atoms with Crippen LogP contribution in [0.3, 0.4) is 0 Å². The number of fused-ring (bicyclic) bond motifs is 1. The molecule has 3 heteroatoms. The van der Waals surface area contributed by atoms with Gasteiger partial charge in [-0.15, -0.1) is 0 Å². The van der Waals surface area contributed by atoms with Gasteiger partial charge in [-0.05, 0) is 19.1 Å². The fourth-order valence-corrected chi connectivity index (χ4v) is 1.76. The van der Waals surface area contributed by atoms with Crippen LogP contribution in [-0.4, -0.2) is 26.8 Å². The summed E-state index contributed by atoms with van der Waals surface area (Å²) in [5.41, 5.74) is 1.10. The third kappa shape index (κ3) is 1.50. The van der Waals surface area contributed by atoms with Gasteiger partial charge in [0.2, 0.25) is 0 Å². The molecule has 0 N–H and O–H groups in total.